The number of anilines is 1. The first kappa shape index (κ1) is 17.6. The third kappa shape index (κ3) is 4.29. The Morgan fingerprint density at radius 2 is 2.00 bits per heavy atom. The maximum atomic E-state index is 12.2. The number of carbonyl (C=O) groups is 1. The Balaban J connectivity index is 1.33. The number of carbonyl (C=O) groups excluding carboxylic acids is 1. The molecule has 3 aromatic heterocycles. The molecule has 0 radical (unpaired) electrons. The second kappa shape index (κ2) is 7.81. The van der Waals surface area contributed by atoms with Gasteiger partial charge in [-0.15, -0.1) is 32.9 Å². The van der Waals surface area contributed by atoms with Crippen molar-refractivity contribution in [2.24, 2.45) is 0 Å². The van der Waals surface area contributed by atoms with Crippen LogP contribution >= 0.6 is 22.7 Å². The molecule has 8 heteroatoms. The summed E-state index contributed by atoms with van der Waals surface area (Å²) in [5.41, 5.74) is 1.75. The van der Waals surface area contributed by atoms with Gasteiger partial charge in [-0.3, -0.25) is 4.79 Å². The summed E-state index contributed by atoms with van der Waals surface area (Å²) in [5.74, 6) is 0.775. The highest BCUT2D eigenvalue weighted by Gasteiger charge is 2.12. The van der Waals surface area contributed by atoms with E-state index in [1.54, 1.807) is 11.3 Å². The van der Waals surface area contributed by atoms with Gasteiger partial charge >= 0.3 is 0 Å². The molecule has 0 atom stereocenters. The van der Waals surface area contributed by atoms with Crippen LogP contribution in [0.25, 0.3) is 22.0 Å². The number of nitrogens with one attached hydrogen (secondary N) is 1. The predicted octanol–water partition coefficient (Wildman–Crippen LogP) is 4.80. The normalized spacial score (nSPS) is 10.9. The SMILES string of the molecule is Cc1ccc(-c2csc(NC(=O)CCc3nnc(-c4ccccc4)o3)n2)s1. The number of hydrogen-bond donors (Lipinski definition) is 1. The van der Waals surface area contributed by atoms with E-state index in [2.05, 4.69) is 33.5 Å². The van der Waals surface area contributed by atoms with Crippen LogP contribution in [0.2, 0.25) is 0 Å². The summed E-state index contributed by atoms with van der Waals surface area (Å²) in [6.07, 6.45) is 0.636. The monoisotopic (exact) mass is 396 g/mol. The fraction of sp³-hybridized carbons (Fsp3) is 0.158. The molecular formula is C19H16N4O2S2. The van der Waals surface area contributed by atoms with Crippen LogP contribution in [-0.4, -0.2) is 21.1 Å². The molecule has 4 rings (SSSR count). The lowest BCUT2D eigenvalue weighted by Crippen LogP contribution is -2.12. The summed E-state index contributed by atoms with van der Waals surface area (Å²) in [7, 11) is 0. The lowest BCUT2D eigenvalue weighted by Gasteiger charge is -1.99. The number of rotatable bonds is 6. The van der Waals surface area contributed by atoms with Crippen LogP contribution in [0.4, 0.5) is 5.13 Å². The molecule has 136 valence electrons. The predicted molar refractivity (Wildman–Crippen MR) is 107 cm³/mol. The van der Waals surface area contributed by atoms with Crippen molar-refractivity contribution in [1.29, 1.82) is 0 Å². The van der Waals surface area contributed by atoms with Crippen LogP contribution in [0.15, 0.2) is 52.3 Å². The van der Waals surface area contributed by atoms with E-state index in [4.69, 9.17) is 4.42 Å². The zero-order chi connectivity index (χ0) is 18.6. The maximum absolute atomic E-state index is 12.2. The standard InChI is InChI=1S/C19H16N4O2S2/c1-12-7-8-15(27-12)14-11-26-19(20-14)21-16(24)9-10-17-22-23-18(25-17)13-5-3-2-4-6-13/h2-8,11H,9-10H2,1H3,(H,20,21,24). The van der Waals surface area contributed by atoms with E-state index < -0.39 is 0 Å². The minimum Gasteiger partial charge on any atom is -0.421 e. The molecule has 27 heavy (non-hydrogen) atoms. The van der Waals surface area contributed by atoms with Crippen LogP contribution in [0.3, 0.4) is 0 Å². The van der Waals surface area contributed by atoms with Crippen molar-refractivity contribution in [3.63, 3.8) is 0 Å². The number of aryl methyl sites for hydroxylation is 2. The Morgan fingerprint density at radius 3 is 2.78 bits per heavy atom. The molecule has 0 saturated carbocycles. The molecule has 1 amide bonds. The average Bonchev–Trinajstić information content (AvgIpc) is 3.41. The molecule has 4 aromatic rings. The van der Waals surface area contributed by atoms with Gasteiger partial charge in [0.2, 0.25) is 17.7 Å². The number of hydrogen-bond acceptors (Lipinski definition) is 7. The maximum Gasteiger partial charge on any atom is 0.247 e. The van der Waals surface area contributed by atoms with Gasteiger partial charge in [0.05, 0.1) is 10.6 Å². The highest BCUT2D eigenvalue weighted by Crippen LogP contribution is 2.30. The van der Waals surface area contributed by atoms with Crippen molar-refractivity contribution in [3.05, 3.63) is 58.6 Å². The van der Waals surface area contributed by atoms with Crippen molar-refractivity contribution >= 4 is 33.7 Å². The number of aromatic nitrogens is 3. The van der Waals surface area contributed by atoms with Gasteiger partial charge < -0.3 is 9.73 Å². The molecule has 1 N–H and O–H groups in total. The molecule has 0 aliphatic rings. The summed E-state index contributed by atoms with van der Waals surface area (Å²) in [6.45, 7) is 2.06. The molecule has 0 saturated heterocycles. The van der Waals surface area contributed by atoms with Crippen LogP contribution in [0.1, 0.15) is 17.2 Å². The van der Waals surface area contributed by atoms with E-state index in [1.165, 1.54) is 16.2 Å². The second-order valence-corrected chi connectivity index (χ2v) is 8.01. The third-order valence-corrected chi connectivity index (χ3v) is 5.58. The summed E-state index contributed by atoms with van der Waals surface area (Å²) in [6, 6.07) is 13.7. The van der Waals surface area contributed by atoms with E-state index in [0.717, 1.165) is 16.1 Å². The van der Waals surface area contributed by atoms with Crippen LogP contribution in [0.5, 0.6) is 0 Å². The Hall–Kier alpha value is -2.84. The van der Waals surface area contributed by atoms with E-state index in [1.807, 2.05) is 41.8 Å². The van der Waals surface area contributed by atoms with Crippen LogP contribution in [0, 0.1) is 6.92 Å². The van der Waals surface area contributed by atoms with Crippen LogP contribution in [-0.2, 0) is 11.2 Å². The van der Waals surface area contributed by atoms with Gasteiger partial charge in [0.1, 0.15) is 0 Å². The molecule has 0 bridgehead atoms. The lowest BCUT2D eigenvalue weighted by molar-refractivity contribution is -0.116. The topological polar surface area (TPSA) is 80.9 Å². The minimum atomic E-state index is -0.127. The summed E-state index contributed by atoms with van der Waals surface area (Å²) < 4.78 is 5.62. The van der Waals surface area contributed by atoms with Gasteiger partial charge in [-0.1, -0.05) is 18.2 Å². The van der Waals surface area contributed by atoms with Crippen molar-refractivity contribution in [2.75, 3.05) is 5.32 Å². The Morgan fingerprint density at radius 1 is 1.15 bits per heavy atom. The van der Waals surface area contributed by atoms with Gasteiger partial charge in [-0.2, -0.15) is 0 Å². The fourth-order valence-electron chi connectivity index (χ4n) is 2.47. The smallest absolute Gasteiger partial charge is 0.247 e. The first-order chi connectivity index (χ1) is 13.2. The first-order valence-electron chi connectivity index (χ1n) is 8.37. The second-order valence-electron chi connectivity index (χ2n) is 5.86. The van der Waals surface area contributed by atoms with Gasteiger partial charge in [-0.25, -0.2) is 4.98 Å². The summed E-state index contributed by atoms with van der Waals surface area (Å²) in [5, 5.41) is 13.4. The van der Waals surface area contributed by atoms with Crippen molar-refractivity contribution in [1.82, 2.24) is 15.2 Å². The number of nitrogens with zero attached hydrogens (tertiary/aromatic N) is 3. The van der Waals surface area contributed by atoms with Gasteiger partial charge in [-0.05, 0) is 31.2 Å². The highest BCUT2D eigenvalue weighted by atomic mass is 32.1. The highest BCUT2D eigenvalue weighted by molar-refractivity contribution is 7.17. The lowest BCUT2D eigenvalue weighted by atomic mass is 10.2. The largest absolute Gasteiger partial charge is 0.421 e. The quantitative estimate of drug-likeness (QED) is 0.506. The molecule has 1 aromatic carbocycles. The number of thiophene rings is 1. The zero-order valence-corrected chi connectivity index (χ0v) is 16.1. The fourth-order valence-corrected chi connectivity index (χ4v) is 4.10. The van der Waals surface area contributed by atoms with E-state index in [0.29, 0.717) is 23.3 Å². The Kier molecular flexibility index (Phi) is 5.08. The number of thiazole rings is 1. The number of benzene rings is 1. The summed E-state index contributed by atoms with van der Waals surface area (Å²) >= 11 is 3.10. The van der Waals surface area contributed by atoms with E-state index in [-0.39, 0.29) is 12.3 Å². The van der Waals surface area contributed by atoms with Crippen molar-refractivity contribution in [3.8, 4) is 22.0 Å². The number of amides is 1. The van der Waals surface area contributed by atoms with Gasteiger partial charge in [0, 0.05) is 28.7 Å². The molecule has 0 aliphatic heterocycles. The molecule has 0 spiro atoms. The molecule has 6 nitrogen and oxygen atoms in total. The minimum absolute atomic E-state index is 0.127. The average molecular weight is 396 g/mol. The van der Waals surface area contributed by atoms with Gasteiger partial charge in [0.25, 0.3) is 0 Å². The zero-order valence-electron chi connectivity index (χ0n) is 14.5. The van der Waals surface area contributed by atoms with Crippen molar-refractivity contribution < 1.29 is 9.21 Å². The van der Waals surface area contributed by atoms with Crippen LogP contribution < -0.4 is 5.32 Å². The first-order valence-corrected chi connectivity index (χ1v) is 10.1. The third-order valence-electron chi connectivity index (χ3n) is 3.80. The van der Waals surface area contributed by atoms with Gasteiger partial charge in [0.15, 0.2) is 5.13 Å². The van der Waals surface area contributed by atoms with E-state index in [9.17, 15) is 4.79 Å². The molecule has 3 heterocycles. The molecule has 0 fully saturated rings. The summed E-state index contributed by atoms with van der Waals surface area (Å²) in [4.78, 5) is 19.0. The molecular weight excluding hydrogens is 380 g/mol. The van der Waals surface area contributed by atoms with Crippen molar-refractivity contribution in [2.45, 2.75) is 19.8 Å². The van der Waals surface area contributed by atoms with E-state index >= 15 is 0 Å². The molecule has 0 unspecified atom stereocenters. The Bertz CT molecular complexity index is 1050. The molecule has 0 aliphatic carbocycles. The Labute approximate surface area is 163 Å².